The fourth-order valence-corrected chi connectivity index (χ4v) is 1.52. The highest BCUT2D eigenvalue weighted by molar-refractivity contribution is 5.38. The van der Waals surface area contributed by atoms with E-state index in [0.717, 1.165) is 17.4 Å². The van der Waals surface area contributed by atoms with Crippen LogP contribution in [-0.2, 0) is 0 Å². The standard InChI is InChI=1S/C13H23N3/c1-9(2)6-7-11(4)14-13-8-10(3)12(5)15-16-13/h8-9,11H,6-7H2,1-5H3,(H,14,16). The average molecular weight is 221 g/mol. The minimum absolute atomic E-state index is 0.457. The Hall–Kier alpha value is -1.12. The maximum absolute atomic E-state index is 4.15. The molecular weight excluding hydrogens is 198 g/mol. The Morgan fingerprint density at radius 3 is 2.38 bits per heavy atom. The van der Waals surface area contributed by atoms with Gasteiger partial charge in [0.25, 0.3) is 0 Å². The summed E-state index contributed by atoms with van der Waals surface area (Å²) in [5.74, 6) is 1.65. The lowest BCUT2D eigenvalue weighted by Crippen LogP contribution is -2.17. The molecule has 0 radical (unpaired) electrons. The molecule has 0 bridgehead atoms. The minimum Gasteiger partial charge on any atom is -0.366 e. The van der Waals surface area contributed by atoms with Gasteiger partial charge in [0.2, 0.25) is 0 Å². The Bertz CT molecular complexity index is 334. The predicted molar refractivity (Wildman–Crippen MR) is 68.7 cm³/mol. The summed E-state index contributed by atoms with van der Waals surface area (Å²) in [7, 11) is 0. The zero-order chi connectivity index (χ0) is 12.1. The summed E-state index contributed by atoms with van der Waals surface area (Å²) in [6.07, 6.45) is 2.42. The van der Waals surface area contributed by atoms with E-state index < -0.39 is 0 Å². The van der Waals surface area contributed by atoms with E-state index >= 15 is 0 Å². The van der Waals surface area contributed by atoms with Gasteiger partial charge >= 0.3 is 0 Å². The fourth-order valence-electron chi connectivity index (χ4n) is 1.52. The van der Waals surface area contributed by atoms with Gasteiger partial charge in [-0.25, -0.2) is 0 Å². The molecule has 0 aliphatic heterocycles. The zero-order valence-corrected chi connectivity index (χ0v) is 11.0. The van der Waals surface area contributed by atoms with Gasteiger partial charge in [0, 0.05) is 6.04 Å². The van der Waals surface area contributed by atoms with Crippen LogP contribution in [0.5, 0.6) is 0 Å². The van der Waals surface area contributed by atoms with Gasteiger partial charge in [0.15, 0.2) is 0 Å². The van der Waals surface area contributed by atoms with Crippen LogP contribution < -0.4 is 5.32 Å². The molecule has 1 rings (SSSR count). The largest absolute Gasteiger partial charge is 0.366 e. The van der Waals surface area contributed by atoms with Crippen LogP contribution in [0.15, 0.2) is 6.07 Å². The highest BCUT2D eigenvalue weighted by Crippen LogP contribution is 2.12. The van der Waals surface area contributed by atoms with Crippen LogP contribution in [0.25, 0.3) is 0 Å². The molecule has 1 atom stereocenters. The Morgan fingerprint density at radius 1 is 1.12 bits per heavy atom. The molecular formula is C13H23N3. The molecule has 3 heteroatoms. The second-order valence-corrected chi connectivity index (χ2v) is 5.01. The lowest BCUT2D eigenvalue weighted by molar-refractivity contribution is 0.527. The van der Waals surface area contributed by atoms with Crippen LogP contribution in [0.1, 0.15) is 44.9 Å². The Morgan fingerprint density at radius 2 is 1.81 bits per heavy atom. The zero-order valence-electron chi connectivity index (χ0n) is 11.0. The van der Waals surface area contributed by atoms with Crippen molar-refractivity contribution < 1.29 is 0 Å². The second-order valence-electron chi connectivity index (χ2n) is 5.01. The van der Waals surface area contributed by atoms with Gasteiger partial charge in [-0.3, -0.25) is 0 Å². The minimum atomic E-state index is 0.457. The van der Waals surface area contributed by atoms with E-state index in [0.29, 0.717) is 6.04 Å². The van der Waals surface area contributed by atoms with Crippen molar-refractivity contribution in [3.05, 3.63) is 17.3 Å². The van der Waals surface area contributed by atoms with Crippen molar-refractivity contribution in [2.24, 2.45) is 5.92 Å². The van der Waals surface area contributed by atoms with Gasteiger partial charge in [0.05, 0.1) is 5.69 Å². The number of anilines is 1. The summed E-state index contributed by atoms with van der Waals surface area (Å²) in [6, 6.07) is 2.52. The lowest BCUT2D eigenvalue weighted by Gasteiger charge is -2.15. The molecule has 1 unspecified atom stereocenters. The molecule has 0 saturated carbocycles. The SMILES string of the molecule is Cc1cc(NC(C)CCC(C)C)nnc1C. The molecule has 0 fully saturated rings. The number of nitrogens with zero attached hydrogens (tertiary/aromatic N) is 2. The van der Waals surface area contributed by atoms with Gasteiger partial charge in [-0.15, -0.1) is 5.10 Å². The third-order valence-electron chi connectivity index (χ3n) is 2.80. The van der Waals surface area contributed by atoms with Crippen molar-refractivity contribution in [1.82, 2.24) is 10.2 Å². The maximum atomic E-state index is 4.15. The van der Waals surface area contributed by atoms with Crippen molar-refractivity contribution >= 4 is 5.82 Å². The summed E-state index contributed by atoms with van der Waals surface area (Å²) in [5.41, 5.74) is 2.19. The van der Waals surface area contributed by atoms with Crippen LogP contribution in [0.4, 0.5) is 5.82 Å². The van der Waals surface area contributed by atoms with E-state index in [1.807, 2.05) is 6.92 Å². The molecule has 0 aromatic carbocycles. The smallest absolute Gasteiger partial charge is 0.149 e. The number of nitrogens with one attached hydrogen (secondary N) is 1. The van der Waals surface area contributed by atoms with Crippen LogP contribution in [0.3, 0.4) is 0 Å². The van der Waals surface area contributed by atoms with Crippen LogP contribution >= 0.6 is 0 Å². The molecule has 16 heavy (non-hydrogen) atoms. The second kappa shape index (κ2) is 5.83. The highest BCUT2D eigenvalue weighted by atomic mass is 15.2. The number of aromatic nitrogens is 2. The molecule has 1 heterocycles. The number of aryl methyl sites for hydroxylation is 2. The third-order valence-corrected chi connectivity index (χ3v) is 2.80. The number of hydrogen-bond acceptors (Lipinski definition) is 3. The first kappa shape index (κ1) is 12.9. The van der Waals surface area contributed by atoms with Gasteiger partial charge in [-0.2, -0.15) is 5.10 Å². The van der Waals surface area contributed by atoms with Gasteiger partial charge < -0.3 is 5.32 Å². The molecule has 0 aliphatic carbocycles. The first-order chi connectivity index (χ1) is 7.49. The number of hydrogen-bond donors (Lipinski definition) is 1. The average Bonchev–Trinajstić information content (AvgIpc) is 2.21. The van der Waals surface area contributed by atoms with Crippen molar-refractivity contribution in [1.29, 1.82) is 0 Å². The van der Waals surface area contributed by atoms with E-state index in [1.54, 1.807) is 0 Å². The molecule has 3 nitrogen and oxygen atoms in total. The summed E-state index contributed by atoms with van der Waals surface area (Å²) in [6.45, 7) is 10.7. The van der Waals surface area contributed by atoms with Crippen molar-refractivity contribution in [3.63, 3.8) is 0 Å². The van der Waals surface area contributed by atoms with Gasteiger partial charge in [-0.05, 0) is 51.2 Å². The molecule has 0 spiro atoms. The first-order valence-corrected chi connectivity index (χ1v) is 6.06. The monoisotopic (exact) mass is 221 g/mol. The van der Waals surface area contributed by atoms with Crippen molar-refractivity contribution in [2.75, 3.05) is 5.32 Å². The van der Waals surface area contributed by atoms with E-state index in [9.17, 15) is 0 Å². The Labute approximate surface area is 98.7 Å². The Kier molecular flexibility index (Phi) is 4.71. The van der Waals surface area contributed by atoms with Crippen LogP contribution in [0, 0.1) is 19.8 Å². The first-order valence-electron chi connectivity index (χ1n) is 6.06. The molecule has 1 aromatic heterocycles. The fraction of sp³-hybridized carbons (Fsp3) is 0.692. The normalized spacial score (nSPS) is 12.9. The van der Waals surface area contributed by atoms with Crippen molar-refractivity contribution in [3.8, 4) is 0 Å². The highest BCUT2D eigenvalue weighted by Gasteiger charge is 2.05. The molecule has 0 saturated heterocycles. The summed E-state index contributed by atoms with van der Waals surface area (Å²) >= 11 is 0. The quantitative estimate of drug-likeness (QED) is 0.828. The van der Waals surface area contributed by atoms with Gasteiger partial charge in [0.1, 0.15) is 5.82 Å². The molecule has 0 amide bonds. The molecule has 90 valence electrons. The Balaban J connectivity index is 2.49. The van der Waals surface area contributed by atoms with Crippen LogP contribution in [0.2, 0.25) is 0 Å². The summed E-state index contributed by atoms with van der Waals surface area (Å²) in [4.78, 5) is 0. The lowest BCUT2D eigenvalue weighted by atomic mass is 10.0. The summed E-state index contributed by atoms with van der Waals surface area (Å²) < 4.78 is 0. The van der Waals surface area contributed by atoms with E-state index in [-0.39, 0.29) is 0 Å². The van der Waals surface area contributed by atoms with Crippen molar-refractivity contribution in [2.45, 2.75) is 53.5 Å². The van der Waals surface area contributed by atoms with E-state index in [2.05, 4.69) is 49.3 Å². The third kappa shape index (κ3) is 4.17. The van der Waals surface area contributed by atoms with E-state index in [1.165, 1.54) is 18.4 Å². The molecule has 1 aromatic rings. The number of rotatable bonds is 5. The predicted octanol–water partition coefficient (Wildman–Crippen LogP) is 3.33. The maximum Gasteiger partial charge on any atom is 0.149 e. The van der Waals surface area contributed by atoms with E-state index in [4.69, 9.17) is 0 Å². The molecule has 1 N–H and O–H groups in total. The topological polar surface area (TPSA) is 37.8 Å². The molecule has 0 aliphatic rings. The summed E-state index contributed by atoms with van der Waals surface area (Å²) in [5, 5.41) is 11.7. The van der Waals surface area contributed by atoms with Crippen LogP contribution in [-0.4, -0.2) is 16.2 Å². The van der Waals surface area contributed by atoms with Gasteiger partial charge in [-0.1, -0.05) is 13.8 Å².